The van der Waals surface area contributed by atoms with Crippen LogP contribution in [0.4, 0.5) is 0 Å². The van der Waals surface area contributed by atoms with E-state index < -0.39 is 0 Å². The van der Waals surface area contributed by atoms with Gasteiger partial charge in [0.15, 0.2) is 5.96 Å². The minimum atomic E-state index is 0.301. The molecule has 126 valence electrons. The van der Waals surface area contributed by atoms with Crippen molar-refractivity contribution in [1.29, 1.82) is 0 Å². The Bertz CT molecular complexity index is 563. The monoisotopic (exact) mass is 334 g/mol. The van der Waals surface area contributed by atoms with Crippen molar-refractivity contribution >= 4 is 17.3 Å². The summed E-state index contributed by atoms with van der Waals surface area (Å²) in [6.45, 7) is 4.44. The molecule has 0 amide bonds. The van der Waals surface area contributed by atoms with E-state index in [2.05, 4.69) is 54.1 Å². The maximum atomic E-state index is 5.35. The molecule has 0 radical (unpaired) electrons. The van der Waals surface area contributed by atoms with Gasteiger partial charge in [-0.25, -0.2) is 0 Å². The number of nitrogens with zero attached hydrogens (tertiary/aromatic N) is 2. The Balaban J connectivity index is 1.91. The number of thiophene rings is 1. The van der Waals surface area contributed by atoms with Gasteiger partial charge in [-0.3, -0.25) is 4.99 Å². The molecule has 1 atom stereocenters. The lowest BCUT2D eigenvalue weighted by Crippen LogP contribution is -2.39. The zero-order chi connectivity index (χ0) is 16.5. The van der Waals surface area contributed by atoms with E-state index in [9.17, 15) is 0 Å². The number of rotatable bonds is 8. The van der Waals surface area contributed by atoms with Gasteiger partial charge in [0.2, 0.25) is 0 Å². The van der Waals surface area contributed by atoms with Crippen LogP contribution in [0.5, 0.6) is 0 Å². The molecular weight excluding hydrogens is 308 g/mol. The zero-order valence-electron chi connectivity index (χ0n) is 14.1. The van der Waals surface area contributed by atoms with Crippen molar-refractivity contribution in [1.82, 2.24) is 15.5 Å². The van der Waals surface area contributed by atoms with Gasteiger partial charge in [-0.2, -0.15) is 0 Å². The quantitative estimate of drug-likeness (QED) is 0.576. The van der Waals surface area contributed by atoms with Crippen LogP contribution in [0.1, 0.15) is 23.6 Å². The summed E-state index contributed by atoms with van der Waals surface area (Å²) in [7, 11) is 4.19. The van der Waals surface area contributed by atoms with Crippen molar-refractivity contribution in [2.24, 2.45) is 4.99 Å². The highest BCUT2D eigenvalue weighted by Gasteiger charge is 2.14. The van der Waals surface area contributed by atoms with E-state index in [0.717, 1.165) is 37.8 Å². The average Bonchev–Trinajstić information content (AvgIpc) is 3.20. The SMILES string of the molecule is CCNC(=NCC(c1cccs1)N(C)C)NCCc1ccco1. The van der Waals surface area contributed by atoms with Crippen LogP contribution < -0.4 is 10.6 Å². The van der Waals surface area contributed by atoms with E-state index in [1.54, 1.807) is 17.6 Å². The van der Waals surface area contributed by atoms with Crippen LogP contribution in [0.15, 0.2) is 45.3 Å². The zero-order valence-corrected chi connectivity index (χ0v) is 14.9. The highest BCUT2D eigenvalue weighted by atomic mass is 32.1. The average molecular weight is 334 g/mol. The van der Waals surface area contributed by atoms with Gasteiger partial charge in [0, 0.05) is 24.4 Å². The Hall–Kier alpha value is -1.79. The van der Waals surface area contributed by atoms with E-state index in [-0.39, 0.29) is 0 Å². The summed E-state index contributed by atoms with van der Waals surface area (Å²) in [5, 5.41) is 8.77. The molecule has 0 aliphatic rings. The van der Waals surface area contributed by atoms with E-state index in [1.165, 1.54) is 4.88 Å². The summed E-state index contributed by atoms with van der Waals surface area (Å²) in [5.41, 5.74) is 0. The molecule has 23 heavy (non-hydrogen) atoms. The summed E-state index contributed by atoms with van der Waals surface area (Å²) in [6.07, 6.45) is 2.55. The molecule has 2 aromatic rings. The fraction of sp³-hybridized carbons (Fsp3) is 0.471. The molecule has 2 rings (SSSR count). The first kappa shape index (κ1) is 17.6. The fourth-order valence-corrected chi connectivity index (χ4v) is 3.18. The molecule has 0 bridgehead atoms. The van der Waals surface area contributed by atoms with Gasteiger partial charge in [-0.1, -0.05) is 6.07 Å². The van der Waals surface area contributed by atoms with Crippen LogP contribution in [0.2, 0.25) is 0 Å². The maximum Gasteiger partial charge on any atom is 0.191 e. The smallest absolute Gasteiger partial charge is 0.191 e. The number of likely N-dealkylation sites (N-methyl/N-ethyl adjacent to an activating group) is 1. The number of aliphatic imine (C=N–C) groups is 1. The summed E-state index contributed by atoms with van der Waals surface area (Å²) in [5.74, 6) is 1.83. The fourth-order valence-electron chi connectivity index (χ4n) is 2.27. The van der Waals surface area contributed by atoms with Crippen LogP contribution in [0, 0.1) is 0 Å². The van der Waals surface area contributed by atoms with Crippen LogP contribution in [0.3, 0.4) is 0 Å². The van der Waals surface area contributed by atoms with E-state index >= 15 is 0 Å². The van der Waals surface area contributed by atoms with Crippen molar-refractivity contribution in [3.8, 4) is 0 Å². The Morgan fingerprint density at radius 3 is 2.78 bits per heavy atom. The van der Waals surface area contributed by atoms with Crippen molar-refractivity contribution in [3.63, 3.8) is 0 Å². The molecule has 2 aromatic heterocycles. The normalized spacial score (nSPS) is 13.3. The molecule has 5 nitrogen and oxygen atoms in total. The van der Waals surface area contributed by atoms with Crippen molar-refractivity contribution in [2.75, 3.05) is 33.7 Å². The van der Waals surface area contributed by atoms with Crippen molar-refractivity contribution < 1.29 is 4.42 Å². The van der Waals surface area contributed by atoms with Gasteiger partial charge in [0.1, 0.15) is 5.76 Å². The first-order valence-electron chi connectivity index (χ1n) is 7.95. The Labute approximate surface area is 142 Å². The van der Waals surface area contributed by atoms with Gasteiger partial charge in [0.05, 0.1) is 18.8 Å². The second kappa shape index (κ2) is 9.37. The number of nitrogens with one attached hydrogen (secondary N) is 2. The third-order valence-electron chi connectivity index (χ3n) is 3.51. The molecule has 0 saturated heterocycles. The predicted octanol–water partition coefficient (Wildman–Crippen LogP) is 2.74. The minimum Gasteiger partial charge on any atom is -0.469 e. The molecule has 2 N–H and O–H groups in total. The van der Waals surface area contributed by atoms with Crippen molar-refractivity contribution in [3.05, 3.63) is 46.5 Å². The van der Waals surface area contributed by atoms with E-state index in [1.807, 2.05) is 12.1 Å². The molecule has 6 heteroatoms. The lowest BCUT2D eigenvalue weighted by molar-refractivity contribution is 0.310. The highest BCUT2D eigenvalue weighted by molar-refractivity contribution is 7.10. The second-order valence-corrected chi connectivity index (χ2v) is 6.45. The lowest BCUT2D eigenvalue weighted by atomic mass is 10.2. The number of furan rings is 1. The molecule has 0 aliphatic heterocycles. The Kier molecular flexibility index (Phi) is 7.16. The van der Waals surface area contributed by atoms with Gasteiger partial charge < -0.3 is 20.0 Å². The molecule has 0 spiro atoms. The summed E-state index contributed by atoms with van der Waals surface area (Å²) < 4.78 is 5.35. The van der Waals surface area contributed by atoms with E-state index in [4.69, 9.17) is 9.41 Å². The first-order valence-corrected chi connectivity index (χ1v) is 8.83. The van der Waals surface area contributed by atoms with Crippen LogP contribution in [-0.4, -0.2) is 44.6 Å². The number of hydrogen-bond donors (Lipinski definition) is 2. The molecule has 0 fully saturated rings. The summed E-state index contributed by atoms with van der Waals surface area (Å²) >= 11 is 1.78. The Morgan fingerprint density at radius 1 is 1.30 bits per heavy atom. The van der Waals surface area contributed by atoms with Crippen LogP contribution in [0.25, 0.3) is 0 Å². The molecule has 0 aliphatic carbocycles. The molecule has 0 aromatic carbocycles. The van der Waals surface area contributed by atoms with E-state index in [0.29, 0.717) is 6.04 Å². The maximum absolute atomic E-state index is 5.35. The van der Waals surface area contributed by atoms with Gasteiger partial charge in [-0.05, 0) is 44.6 Å². The second-order valence-electron chi connectivity index (χ2n) is 5.47. The third kappa shape index (κ3) is 5.73. The standard InChI is InChI=1S/C17H26N4OS/c1-4-18-17(19-10-9-14-7-5-11-22-14)20-13-15(21(2)3)16-8-6-12-23-16/h5-8,11-12,15H,4,9-10,13H2,1-3H3,(H2,18,19,20). The first-order chi connectivity index (χ1) is 11.2. The summed E-state index contributed by atoms with van der Waals surface area (Å²) in [4.78, 5) is 8.29. The van der Waals surface area contributed by atoms with Gasteiger partial charge in [-0.15, -0.1) is 11.3 Å². The Morgan fingerprint density at radius 2 is 2.17 bits per heavy atom. The topological polar surface area (TPSA) is 52.8 Å². The summed E-state index contributed by atoms with van der Waals surface area (Å²) in [6, 6.07) is 8.47. The van der Waals surface area contributed by atoms with Crippen LogP contribution in [-0.2, 0) is 6.42 Å². The predicted molar refractivity (Wildman–Crippen MR) is 97.1 cm³/mol. The number of hydrogen-bond acceptors (Lipinski definition) is 4. The molecule has 2 heterocycles. The third-order valence-corrected chi connectivity index (χ3v) is 4.48. The van der Waals surface area contributed by atoms with Crippen molar-refractivity contribution in [2.45, 2.75) is 19.4 Å². The molecular formula is C17H26N4OS. The van der Waals surface area contributed by atoms with Gasteiger partial charge in [0.25, 0.3) is 0 Å². The minimum absolute atomic E-state index is 0.301. The van der Waals surface area contributed by atoms with Crippen LogP contribution >= 0.6 is 11.3 Å². The largest absolute Gasteiger partial charge is 0.469 e. The lowest BCUT2D eigenvalue weighted by Gasteiger charge is -2.22. The number of guanidine groups is 1. The molecule has 0 saturated carbocycles. The highest BCUT2D eigenvalue weighted by Crippen LogP contribution is 2.23. The molecule has 1 unspecified atom stereocenters. The van der Waals surface area contributed by atoms with Gasteiger partial charge >= 0.3 is 0 Å².